The summed E-state index contributed by atoms with van der Waals surface area (Å²) in [6, 6.07) is 0. The van der Waals surface area contributed by atoms with Gasteiger partial charge < -0.3 is 14.9 Å². The Balaban J connectivity index is 3.30. The molecule has 58 valence electrons. The van der Waals surface area contributed by atoms with Gasteiger partial charge in [-0.2, -0.15) is 0 Å². The molecule has 10 heavy (non-hydrogen) atoms. The minimum Gasteiger partial charge on any atom is -0.479 e. The summed E-state index contributed by atoms with van der Waals surface area (Å²) < 4.78 is 4.66. The van der Waals surface area contributed by atoms with Crippen LogP contribution in [0.15, 0.2) is 12.7 Å². The van der Waals surface area contributed by atoms with Crippen LogP contribution in [0.25, 0.3) is 0 Å². The molecule has 0 spiro atoms. The van der Waals surface area contributed by atoms with Crippen LogP contribution in [0.5, 0.6) is 0 Å². The highest BCUT2D eigenvalue weighted by Gasteiger charge is 2.11. The number of carbonyl (C=O) groups is 1. The lowest BCUT2D eigenvalue weighted by atomic mass is 10.4. The molecule has 0 saturated heterocycles. The second-order valence-electron chi connectivity index (χ2n) is 1.68. The van der Waals surface area contributed by atoms with Crippen LogP contribution < -0.4 is 0 Å². The number of ether oxygens (including phenoxy) is 1. The summed E-state index contributed by atoms with van der Waals surface area (Å²) in [7, 11) is 0. The molecular weight excluding hydrogens is 136 g/mol. The molecule has 4 heteroatoms. The Morgan fingerprint density at radius 2 is 2.40 bits per heavy atom. The molecule has 2 N–H and O–H groups in total. The first kappa shape index (κ1) is 9.13. The highest BCUT2D eigenvalue weighted by molar-refractivity contribution is 5.71. The number of hydrogen-bond acceptors (Lipinski definition) is 3. The van der Waals surface area contributed by atoms with Gasteiger partial charge in [0.1, 0.15) is 0 Å². The number of hydrogen-bond donors (Lipinski definition) is 2. The van der Waals surface area contributed by atoms with E-state index in [-0.39, 0.29) is 13.2 Å². The molecule has 0 aliphatic heterocycles. The van der Waals surface area contributed by atoms with Gasteiger partial charge in [0.25, 0.3) is 0 Å². The van der Waals surface area contributed by atoms with E-state index >= 15 is 0 Å². The predicted molar refractivity (Wildman–Crippen MR) is 34.7 cm³/mol. The van der Waals surface area contributed by atoms with E-state index in [1.54, 1.807) is 0 Å². The Bertz CT molecular complexity index is 121. The minimum atomic E-state index is -1.43. The first-order valence-electron chi connectivity index (χ1n) is 2.78. The molecule has 0 heterocycles. The van der Waals surface area contributed by atoms with E-state index < -0.39 is 12.1 Å². The molecule has 4 nitrogen and oxygen atoms in total. The number of rotatable bonds is 5. The molecule has 1 atom stereocenters. The topological polar surface area (TPSA) is 66.8 Å². The zero-order valence-corrected chi connectivity index (χ0v) is 5.49. The third-order valence-corrected chi connectivity index (χ3v) is 0.796. The molecule has 0 aliphatic carbocycles. The number of aliphatic carboxylic acids is 1. The van der Waals surface area contributed by atoms with Gasteiger partial charge in [0.15, 0.2) is 6.10 Å². The molecule has 0 rings (SSSR count). The van der Waals surface area contributed by atoms with Gasteiger partial charge in [-0.15, -0.1) is 6.58 Å². The fourth-order valence-corrected chi connectivity index (χ4v) is 0.334. The fourth-order valence-electron chi connectivity index (χ4n) is 0.334. The van der Waals surface area contributed by atoms with E-state index in [0.717, 1.165) is 0 Å². The minimum absolute atomic E-state index is 0.193. The smallest absolute Gasteiger partial charge is 0.334 e. The van der Waals surface area contributed by atoms with Crippen LogP contribution in [0.3, 0.4) is 0 Å². The number of carboxylic acid groups (broad SMARTS) is 1. The Labute approximate surface area is 58.7 Å². The average Bonchev–Trinajstić information content (AvgIpc) is 1.88. The lowest BCUT2D eigenvalue weighted by molar-refractivity contribution is -0.149. The van der Waals surface area contributed by atoms with Crippen LogP contribution in [-0.4, -0.2) is 35.5 Å². The van der Waals surface area contributed by atoms with Gasteiger partial charge in [0, 0.05) is 0 Å². The van der Waals surface area contributed by atoms with Crippen molar-refractivity contribution in [2.24, 2.45) is 0 Å². The normalized spacial score (nSPS) is 12.5. The maximum absolute atomic E-state index is 9.94. The fraction of sp³-hybridized carbons (Fsp3) is 0.500. The van der Waals surface area contributed by atoms with Crippen molar-refractivity contribution in [1.82, 2.24) is 0 Å². The van der Waals surface area contributed by atoms with Crippen molar-refractivity contribution in [3.63, 3.8) is 0 Å². The second kappa shape index (κ2) is 4.96. The molecule has 0 saturated carbocycles. The van der Waals surface area contributed by atoms with Crippen molar-refractivity contribution >= 4 is 5.97 Å². The molecule has 0 unspecified atom stereocenters. The average molecular weight is 146 g/mol. The van der Waals surface area contributed by atoms with Crippen LogP contribution in [0, 0.1) is 0 Å². The summed E-state index contributed by atoms with van der Waals surface area (Å²) in [6.07, 6.45) is 0.0501. The van der Waals surface area contributed by atoms with E-state index in [4.69, 9.17) is 10.2 Å². The highest BCUT2D eigenvalue weighted by Crippen LogP contribution is 1.84. The van der Waals surface area contributed by atoms with Gasteiger partial charge >= 0.3 is 5.97 Å². The van der Waals surface area contributed by atoms with Crippen LogP contribution in [0.1, 0.15) is 0 Å². The maximum Gasteiger partial charge on any atom is 0.334 e. The summed E-state index contributed by atoms with van der Waals surface area (Å²) in [4.78, 5) is 9.94. The SMILES string of the molecule is C=CCOC[C@@H](O)C(=O)O. The van der Waals surface area contributed by atoms with Crippen molar-refractivity contribution in [3.8, 4) is 0 Å². The number of carboxylic acids is 1. The van der Waals surface area contributed by atoms with Crippen LogP contribution in [-0.2, 0) is 9.53 Å². The van der Waals surface area contributed by atoms with E-state index in [9.17, 15) is 4.79 Å². The number of aliphatic hydroxyl groups excluding tert-OH is 1. The zero-order chi connectivity index (χ0) is 7.98. The second-order valence-corrected chi connectivity index (χ2v) is 1.68. The van der Waals surface area contributed by atoms with Gasteiger partial charge in [0.05, 0.1) is 13.2 Å². The van der Waals surface area contributed by atoms with Crippen molar-refractivity contribution in [1.29, 1.82) is 0 Å². The lowest BCUT2D eigenvalue weighted by Gasteiger charge is -2.03. The first-order chi connectivity index (χ1) is 4.68. The van der Waals surface area contributed by atoms with E-state index in [1.807, 2.05) is 0 Å². The third kappa shape index (κ3) is 4.05. The Hall–Kier alpha value is -0.870. The lowest BCUT2D eigenvalue weighted by Crippen LogP contribution is -2.25. The van der Waals surface area contributed by atoms with Crippen LogP contribution >= 0.6 is 0 Å². The van der Waals surface area contributed by atoms with Gasteiger partial charge in [0.2, 0.25) is 0 Å². The molecule has 0 aromatic carbocycles. The number of aliphatic hydroxyl groups is 1. The highest BCUT2D eigenvalue weighted by atomic mass is 16.5. The zero-order valence-electron chi connectivity index (χ0n) is 5.49. The van der Waals surface area contributed by atoms with E-state index in [0.29, 0.717) is 0 Å². The van der Waals surface area contributed by atoms with Crippen molar-refractivity contribution in [3.05, 3.63) is 12.7 Å². The monoisotopic (exact) mass is 146 g/mol. The molecule has 0 aromatic rings. The van der Waals surface area contributed by atoms with Gasteiger partial charge in [-0.05, 0) is 0 Å². The summed E-state index contributed by atoms with van der Waals surface area (Å²) in [5.74, 6) is -1.27. The van der Waals surface area contributed by atoms with Crippen LogP contribution in [0.2, 0.25) is 0 Å². The quantitative estimate of drug-likeness (QED) is 0.410. The van der Waals surface area contributed by atoms with E-state index in [1.165, 1.54) is 6.08 Å². The third-order valence-electron chi connectivity index (χ3n) is 0.796. The van der Waals surface area contributed by atoms with Crippen molar-refractivity contribution < 1.29 is 19.7 Å². The summed E-state index contributed by atoms with van der Waals surface area (Å²) in [6.45, 7) is 3.41. The molecule has 0 radical (unpaired) electrons. The Morgan fingerprint density at radius 3 is 2.80 bits per heavy atom. The largest absolute Gasteiger partial charge is 0.479 e. The first-order valence-corrected chi connectivity index (χ1v) is 2.78. The summed E-state index contributed by atoms with van der Waals surface area (Å²) in [5.41, 5.74) is 0. The molecule has 0 bridgehead atoms. The molecule has 0 aliphatic rings. The van der Waals surface area contributed by atoms with Gasteiger partial charge in [-0.25, -0.2) is 4.79 Å². The van der Waals surface area contributed by atoms with E-state index in [2.05, 4.69) is 11.3 Å². The summed E-state index contributed by atoms with van der Waals surface area (Å²) in [5, 5.41) is 16.7. The summed E-state index contributed by atoms with van der Waals surface area (Å²) >= 11 is 0. The Kier molecular flexibility index (Phi) is 4.53. The maximum atomic E-state index is 9.94. The molecule has 0 fully saturated rings. The van der Waals surface area contributed by atoms with Crippen LogP contribution in [0.4, 0.5) is 0 Å². The standard InChI is InChI=1S/C6H10O4/c1-2-3-10-4-5(7)6(8)9/h2,5,7H,1,3-4H2,(H,8,9)/t5-/m1/s1. The van der Waals surface area contributed by atoms with Crippen molar-refractivity contribution in [2.75, 3.05) is 13.2 Å². The molecule has 0 amide bonds. The van der Waals surface area contributed by atoms with Gasteiger partial charge in [-0.1, -0.05) is 6.08 Å². The van der Waals surface area contributed by atoms with Gasteiger partial charge in [-0.3, -0.25) is 0 Å². The molecular formula is C6H10O4. The van der Waals surface area contributed by atoms with Crippen molar-refractivity contribution in [2.45, 2.75) is 6.10 Å². The predicted octanol–water partition coefficient (Wildman–Crippen LogP) is -0.365. The molecule has 0 aromatic heterocycles. The Morgan fingerprint density at radius 1 is 1.80 bits per heavy atom.